The van der Waals surface area contributed by atoms with E-state index in [1.54, 1.807) is 20.8 Å². The van der Waals surface area contributed by atoms with E-state index in [9.17, 15) is 9.59 Å². The van der Waals surface area contributed by atoms with Crippen LogP contribution in [0.15, 0.2) is 0 Å². The van der Waals surface area contributed by atoms with E-state index in [1.165, 1.54) is 7.11 Å². The molecule has 0 spiro atoms. The molecule has 0 fully saturated rings. The van der Waals surface area contributed by atoms with E-state index in [2.05, 4.69) is 10.1 Å². The Morgan fingerprint density at radius 3 is 1.93 bits per heavy atom. The number of amides is 2. The lowest BCUT2D eigenvalue weighted by atomic mass is 9.96. The third-order valence-corrected chi connectivity index (χ3v) is 1.08. The van der Waals surface area contributed by atoms with Crippen LogP contribution in [0.5, 0.6) is 0 Å². The van der Waals surface area contributed by atoms with Gasteiger partial charge < -0.3 is 9.84 Å². The number of alkyl carbamates (subject to hydrolysis) is 1. The van der Waals surface area contributed by atoms with Crippen LogP contribution in [0.25, 0.3) is 0 Å². The summed E-state index contributed by atoms with van der Waals surface area (Å²) in [6.45, 7) is 4.89. The predicted molar refractivity (Wildman–Crippen MR) is 48.7 cm³/mol. The number of hydrogen-bond acceptors (Lipinski definition) is 4. The van der Waals surface area contributed by atoms with Gasteiger partial charge in [0, 0.05) is 5.41 Å². The average Bonchev–Trinajstić information content (AvgIpc) is 2.03. The molecule has 0 unspecified atom stereocenters. The Labute approximate surface area is 82.2 Å². The van der Waals surface area contributed by atoms with Crippen LogP contribution in [-0.2, 0) is 14.3 Å². The van der Waals surface area contributed by atoms with Crippen LogP contribution in [0, 0.1) is 5.41 Å². The number of carbonyl (C=O) groups is 3. The minimum Gasteiger partial charge on any atom is -0.483 e. The molecule has 2 amide bonds. The van der Waals surface area contributed by atoms with Crippen molar-refractivity contribution in [2.24, 2.45) is 5.41 Å². The minimum absolute atomic E-state index is 0.250. The second kappa shape index (κ2) is 6.88. The lowest BCUT2D eigenvalue weighted by molar-refractivity contribution is -0.127. The van der Waals surface area contributed by atoms with E-state index in [4.69, 9.17) is 9.90 Å². The van der Waals surface area contributed by atoms with E-state index in [-0.39, 0.29) is 12.4 Å². The SMILES string of the molecule is COC(=O)NC(=O)C(C)(C)C.O=CO. The first kappa shape index (κ1) is 14.9. The summed E-state index contributed by atoms with van der Waals surface area (Å²) in [6, 6.07) is 0. The Hall–Kier alpha value is -1.59. The second-order valence-electron chi connectivity index (χ2n) is 3.30. The standard InChI is InChI=1S/C7H13NO3.CH2O2/c1-7(2,3)5(9)8-6(10)11-4;2-1-3/h1-4H3,(H,8,9,10);1H,(H,2,3). The van der Waals surface area contributed by atoms with Gasteiger partial charge in [-0.15, -0.1) is 0 Å². The molecule has 0 aromatic heterocycles. The van der Waals surface area contributed by atoms with Gasteiger partial charge in [-0.2, -0.15) is 0 Å². The van der Waals surface area contributed by atoms with Gasteiger partial charge in [0.05, 0.1) is 7.11 Å². The van der Waals surface area contributed by atoms with Gasteiger partial charge in [-0.1, -0.05) is 20.8 Å². The van der Waals surface area contributed by atoms with Crippen molar-refractivity contribution in [2.75, 3.05) is 7.11 Å². The zero-order valence-corrected chi connectivity index (χ0v) is 8.66. The Kier molecular flexibility index (Phi) is 7.32. The number of imide groups is 1. The Bertz CT molecular complexity index is 206. The monoisotopic (exact) mass is 205 g/mol. The molecule has 0 aliphatic carbocycles. The maximum absolute atomic E-state index is 11.0. The Balaban J connectivity index is 0. The van der Waals surface area contributed by atoms with Gasteiger partial charge in [0.2, 0.25) is 5.91 Å². The van der Waals surface area contributed by atoms with Gasteiger partial charge in [0.25, 0.3) is 6.47 Å². The topological polar surface area (TPSA) is 92.7 Å². The first-order chi connectivity index (χ1) is 6.29. The van der Waals surface area contributed by atoms with Crippen molar-refractivity contribution in [3.63, 3.8) is 0 Å². The highest BCUT2D eigenvalue weighted by Gasteiger charge is 2.23. The number of carboxylic acid groups (broad SMARTS) is 1. The molecule has 0 saturated carbocycles. The maximum Gasteiger partial charge on any atom is 0.413 e. The van der Waals surface area contributed by atoms with Crippen LogP contribution < -0.4 is 5.32 Å². The summed E-state index contributed by atoms with van der Waals surface area (Å²) < 4.78 is 4.25. The van der Waals surface area contributed by atoms with Crippen LogP contribution in [-0.4, -0.2) is 30.7 Å². The smallest absolute Gasteiger partial charge is 0.413 e. The number of nitrogens with one attached hydrogen (secondary N) is 1. The molecule has 2 N–H and O–H groups in total. The van der Waals surface area contributed by atoms with E-state index in [1.807, 2.05) is 0 Å². The normalized spacial score (nSPS) is 9.14. The van der Waals surface area contributed by atoms with Gasteiger partial charge in [0.1, 0.15) is 0 Å². The van der Waals surface area contributed by atoms with Gasteiger partial charge in [-0.05, 0) is 0 Å². The number of ether oxygens (including phenoxy) is 1. The third kappa shape index (κ3) is 8.51. The van der Waals surface area contributed by atoms with E-state index in [0.29, 0.717) is 0 Å². The fourth-order valence-electron chi connectivity index (χ4n) is 0.331. The van der Waals surface area contributed by atoms with E-state index in [0.717, 1.165) is 0 Å². The van der Waals surface area contributed by atoms with Gasteiger partial charge in [-0.25, -0.2) is 4.79 Å². The molecule has 0 rings (SSSR count). The molecule has 0 bridgehead atoms. The number of hydrogen-bond donors (Lipinski definition) is 2. The summed E-state index contributed by atoms with van der Waals surface area (Å²) >= 11 is 0. The van der Waals surface area contributed by atoms with Gasteiger partial charge in [0.15, 0.2) is 0 Å². The molecule has 0 radical (unpaired) electrons. The molecular weight excluding hydrogens is 190 g/mol. The number of methoxy groups -OCH3 is 1. The summed E-state index contributed by atoms with van der Waals surface area (Å²) in [5.74, 6) is -0.343. The minimum atomic E-state index is -0.718. The van der Waals surface area contributed by atoms with Crippen LogP contribution in [0.3, 0.4) is 0 Å². The highest BCUT2D eigenvalue weighted by molar-refractivity contribution is 5.94. The van der Waals surface area contributed by atoms with Gasteiger partial charge in [-0.3, -0.25) is 14.9 Å². The van der Waals surface area contributed by atoms with E-state index >= 15 is 0 Å². The van der Waals surface area contributed by atoms with Crippen molar-refractivity contribution in [3.8, 4) is 0 Å². The second-order valence-corrected chi connectivity index (χ2v) is 3.30. The van der Waals surface area contributed by atoms with Crippen molar-refractivity contribution in [1.29, 1.82) is 0 Å². The molecule has 0 atom stereocenters. The number of rotatable bonds is 0. The molecule has 0 aromatic rings. The van der Waals surface area contributed by atoms with Crippen molar-refractivity contribution < 1.29 is 24.2 Å². The number of carbonyl (C=O) groups excluding carboxylic acids is 2. The summed E-state index contributed by atoms with van der Waals surface area (Å²) in [4.78, 5) is 29.9. The molecule has 6 nitrogen and oxygen atoms in total. The fraction of sp³-hybridized carbons (Fsp3) is 0.625. The highest BCUT2D eigenvalue weighted by Crippen LogP contribution is 2.12. The summed E-state index contributed by atoms with van der Waals surface area (Å²) in [5, 5.41) is 8.96. The molecule has 0 saturated heterocycles. The molecular formula is C8H15NO5. The van der Waals surface area contributed by atoms with Crippen molar-refractivity contribution in [1.82, 2.24) is 5.32 Å². The fourth-order valence-corrected chi connectivity index (χ4v) is 0.331. The summed E-state index contributed by atoms with van der Waals surface area (Å²) in [6.07, 6.45) is -0.718. The lowest BCUT2D eigenvalue weighted by Crippen LogP contribution is -2.38. The highest BCUT2D eigenvalue weighted by atomic mass is 16.5. The van der Waals surface area contributed by atoms with Crippen LogP contribution in [0.4, 0.5) is 4.79 Å². The third-order valence-electron chi connectivity index (χ3n) is 1.08. The average molecular weight is 205 g/mol. The first-order valence-corrected chi connectivity index (χ1v) is 3.76. The van der Waals surface area contributed by atoms with Crippen LogP contribution in [0.2, 0.25) is 0 Å². The van der Waals surface area contributed by atoms with Gasteiger partial charge >= 0.3 is 6.09 Å². The zero-order chi connectivity index (χ0) is 11.8. The van der Waals surface area contributed by atoms with Crippen molar-refractivity contribution in [3.05, 3.63) is 0 Å². The molecule has 6 heteroatoms. The summed E-state index contributed by atoms with van der Waals surface area (Å²) in [7, 11) is 1.21. The maximum atomic E-state index is 11.0. The van der Waals surface area contributed by atoms with Crippen LogP contribution in [0.1, 0.15) is 20.8 Å². The van der Waals surface area contributed by atoms with Crippen molar-refractivity contribution in [2.45, 2.75) is 20.8 Å². The predicted octanol–water partition coefficient (Wildman–Crippen LogP) is 0.616. The zero-order valence-electron chi connectivity index (χ0n) is 8.66. The molecule has 0 aliphatic rings. The molecule has 0 heterocycles. The first-order valence-electron chi connectivity index (χ1n) is 3.76. The summed E-state index contributed by atoms with van der Waals surface area (Å²) in [5.41, 5.74) is -0.561. The molecule has 0 aromatic carbocycles. The molecule has 0 aliphatic heterocycles. The van der Waals surface area contributed by atoms with Crippen molar-refractivity contribution >= 4 is 18.5 Å². The lowest BCUT2D eigenvalue weighted by Gasteiger charge is -2.15. The molecule has 82 valence electrons. The van der Waals surface area contributed by atoms with Crippen LogP contribution >= 0.6 is 0 Å². The largest absolute Gasteiger partial charge is 0.483 e. The quantitative estimate of drug-likeness (QED) is 0.565. The Morgan fingerprint density at radius 2 is 1.71 bits per heavy atom. The molecule has 14 heavy (non-hydrogen) atoms. The van der Waals surface area contributed by atoms with E-state index < -0.39 is 11.5 Å². The Morgan fingerprint density at radius 1 is 1.36 bits per heavy atom.